The molecule has 0 aromatic carbocycles. The predicted octanol–water partition coefficient (Wildman–Crippen LogP) is 2.83. The minimum Gasteiger partial charge on any atom is -0.497 e. The van der Waals surface area contributed by atoms with Crippen LogP contribution >= 0.6 is 0 Å². The van der Waals surface area contributed by atoms with E-state index in [0.29, 0.717) is 0 Å². The molecule has 0 amide bonds. The molecule has 2 aromatic rings. The standard InChI is InChI=1S/C15H22N2O/c1-4-8-16(2)9-5-13-6-10-17-11-7-14(18-3)12-15(13)17/h6-7,10-12H,4-5,8-9H2,1-3H3. The molecular weight excluding hydrogens is 224 g/mol. The van der Waals surface area contributed by atoms with E-state index in [9.17, 15) is 0 Å². The zero-order chi connectivity index (χ0) is 13.0. The zero-order valence-electron chi connectivity index (χ0n) is 11.5. The van der Waals surface area contributed by atoms with Gasteiger partial charge in [0.05, 0.1) is 12.6 Å². The Labute approximate surface area is 109 Å². The molecule has 0 N–H and O–H groups in total. The molecule has 0 aliphatic rings. The van der Waals surface area contributed by atoms with E-state index in [1.54, 1.807) is 7.11 Å². The molecule has 0 fully saturated rings. The average Bonchev–Trinajstić information content (AvgIpc) is 2.79. The highest BCUT2D eigenvalue weighted by Gasteiger charge is 2.05. The second-order valence-electron chi connectivity index (χ2n) is 4.75. The third-order valence-corrected chi connectivity index (χ3v) is 3.33. The van der Waals surface area contributed by atoms with Crippen molar-refractivity contribution in [2.24, 2.45) is 0 Å². The molecular formula is C15H22N2O. The highest BCUT2D eigenvalue weighted by Crippen LogP contribution is 2.19. The normalized spacial score (nSPS) is 11.3. The van der Waals surface area contributed by atoms with Crippen molar-refractivity contribution in [1.82, 2.24) is 9.30 Å². The van der Waals surface area contributed by atoms with Crippen molar-refractivity contribution < 1.29 is 4.74 Å². The van der Waals surface area contributed by atoms with Crippen LogP contribution in [0.4, 0.5) is 0 Å². The number of nitrogens with zero attached hydrogens (tertiary/aromatic N) is 2. The summed E-state index contributed by atoms with van der Waals surface area (Å²) in [6, 6.07) is 6.30. The Morgan fingerprint density at radius 1 is 1.22 bits per heavy atom. The Balaban J connectivity index is 2.12. The van der Waals surface area contributed by atoms with Crippen molar-refractivity contribution in [3.8, 4) is 5.75 Å². The monoisotopic (exact) mass is 246 g/mol. The molecule has 2 heterocycles. The van der Waals surface area contributed by atoms with Gasteiger partial charge in [-0.3, -0.25) is 0 Å². The molecule has 0 aliphatic heterocycles. The first-order valence-corrected chi connectivity index (χ1v) is 6.56. The lowest BCUT2D eigenvalue weighted by molar-refractivity contribution is 0.339. The van der Waals surface area contributed by atoms with Crippen molar-refractivity contribution in [3.63, 3.8) is 0 Å². The van der Waals surface area contributed by atoms with Gasteiger partial charge in [-0.2, -0.15) is 0 Å². The second kappa shape index (κ2) is 5.91. The lowest BCUT2D eigenvalue weighted by atomic mass is 10.2. The number of rotatable bonds is 6. The summed E-state index contributed by atoms with van der Waals surface area (Å²) in [5, 5.41) is 0. The summed E-state index contributed by atoms with van der Waals surface area (Å²) in [6.07, 6.45) is 6.46. The first-order valence-electron chi connectivity index (χ1n) is 6.56. The molecule has 2 aromatic heterocycles. The zero-order valence-corrected chi connectivity index (χ0v) is 11.5. The van der Waals surface area contributed by atoms with Gasteiger partial charge in [0.2, 0.25) is 0 Å². The summed E-state index contributed by atoms with van der Waals surface area (Å²) in [7, 11) is 3.89. The highest BCUT2D eigenvalue weighted by molar-refractivity contribution is 5.58. The van der Waals surface area contributed by atoms with Gasteiger partial charge in [-0.1, -0.05) is 6.92 Å². The lowest BCUT2D eigenvalue weighted by Crippen LogP contribution is -2.21. The van der Waals surface area contributed by atoms with Crippen molar-refractivity contribution in [3.05, 3.63) is 36.2 Å². The fourth-order valence-corrected chi connectivity index (χ4v) is 2.28. The van der Waals surface area contributed by atoms with Gasteiger partial charge < -0.3 is 14.0 Å². The lowest BCUT2D eigenvalue weighted by Gasteiger charge is -2.14. The molecule has 0 spiro atoms. The van der Waals surface area contributed by atoms with E-state index < -0.39 is 0 Å². The van der Waals surface area contributed by atoms with E-state index in [1.165, 1.54) is 17.5 Å². The molecule has 2 rings (SSSR count). The number of hydrogen-bond donors (Lipinski definition) is 0. The molecule has 98 valence electrons. The van der Waals surface area contributed by atoms with E-state index in [2.05, 4.69) is 41.6 Å². The van der Waals surface area contributed by atoms with Gasteiger partial charge in [0.15, 0.2) is 0 Å². The average molecular weight is 246 g/mol. The van der Waals surface area contributed by atoms with Crippen LogP contribution in [0.5, 0.6) is 5.75 Å². The van der Waals surface area contributed by atoms with Crippen LogP contribution in [0.3, 0.4) is 0 Å². The van der Waals surface area contributed by atoms with Crippen molar-refractivity contribution in [2.75, 3.05) is 27.2 Å². The van der Waals surface area contributed by atoms with Gasteiger partial charge >= 0.3 is 0 Å². The summed E-state index contributed by atoms with van der Waals surface area (Å²) < 4.78 is 7.44. The molecule has 0 aliphatic carbocycles. The van der Waals surface area contributed by atoms with Crippen LogP contribution in [0, 0.1) is 0 Å². The van der Waals surface area contributed by atoms with Crippen LogP contribution in [0.2, 0.25) is 0 Å². The number of fused-ring (bicyclic) bond motifs is 1. The molecule has 18 heavy (non-hydrogen) atoms. The molecule has 3 heteroatoms. The molecule has 0 radical (unpaired) electrons. The maximum Gasteiger partial charge on any atom is 0.122 e. The predicted molar refractivity (Wildman–Crippen MR) is 75.4 cm³/mol. The largest absolute Gasteiger partial charge is 0.497 e. The number of ether oxygens (including phenoxy) is 1. The summed E-state index contributed by atoms with van der Waals surface area (Å²) in [6.45, 7) is 4.48. The Morgan fingerprint density at radius 2 is 2.00 bits per heavy atom. The summed E-state index contributed by atoms with van der Waals surface area (Å²) in [4.78, 5) is 2.38. The van der Waals surface area contributed by atoms with Crippen molar-refractivity contribution in [2.45, 2.75) is 19.8 Å². The number of pyridine rings is 1. The Kier molecular flexibility index (Phi) is 4.26. The fraction of sp³-hybridized carbons (Fsp3) is 0.467. The number of likely N-dealkylation sites (N-methyl/N-ethyl adjacent to an activating group) is 1. The van der Waals surface area contributed by atoms with Gasteiger partial charge in [-0.05, 0) is 44.1 Å². The van der Waals surface area contributed by atoms with Gasteiger partial charge in [0.1, 0.15) is 5.75 Å². The Morgan fingerprint density at radius 3 is 2.72 bits per heavy atom. The first-order chi connectivity index (χ1) is 8.74. The Bertz CT molecular complexity index is 504. The van der Waals surface area contributed by atoms with E-state index in [4.69, 9.17) is 4.74 Å². The summed E-state index contributed by atoms with van der Waals surface area (Å²) in [5.74, 6) is 0.921. The minimum absolute atomic E-state index is 0.921. The molecule has 0 saturated carbocycles. The van der Waals surface area contributed by atoms with Crippen LogP contribution in [0.15, 0.2) is 30.6 Å². The number of methoxy groups -OCH3 is 1. The van der Waals surface area contributed by atoms with Crippen LogP contribution < -0.4 is 4.74 Å². The molecule has 3 nitrogen and oxygen atoms in total. The minimum atomic E-state index is 0.921. The topological polar surface area (TPSA) is 16.9 Å². The van der Waals surface area contributed by atoms with Gasteiger partial charge in [-0.25, -0.2) is 0 Å². The first kappa shape index (κ1) is 13.0. The van der Waals surface area contributed by atoms with Crippen molar-refractivity contribution >= 4 is 5.52 Å². The van der Waals surface area contributed by atoms with E-state index >= 15 is 0 Å². The number of aromatic nitrogens is 1. The highest BCUT2D eigenvalue weighted by atomic mass is 16.5. The van der Waals surface area contributed by atoms with Crippen LogP contribution in [0.1, 0.15) is 18.9 Å². The molecule has 0 bridgehead atoms. The van der Waals surface area contributed by atoms with Gasteiger partial charge in [0.25, 0.3) is 0 Å². The third kappa shape index (κ3) is 2.85. The number of hydrogen-bond acceptors (Lipinski definition) is 2. The third-order valence-electron chi connectivity index (χ3n) is 3.33. The molecule has 0 saturated heterocycles. The maximum absolute atomic E-state index is 5.29. The second-order valence-corrected chi connectivity index (χ2v) is 4.75. The van der Waals surface area contributed by atoms with Gasteiger partial charge in [-0.15, -0.1) is 0 Å². The van der Waals surface area contributed by atoms with Gasteiger partial charge in [0, 0.05) is 25.0 Å². The SMILES string of the molecule is CCCN(C)CCc1ccn2ccc(OC)cc12. The summed E-state index contributed by atoms with van der Waals surface area (Å²) in [5.41, 5.74) is 2.64. The van der Waals surface area contributed by atoms with Crippen LogP contribution in [-0.4, -0.2) is 36.5 Å². The quantitative estimate of drug-likeness (QED) is 0.779. The van der Waals surface area contributed by atoms with E-state index in [-0.39, 0.29) is 0 Å². The van der Waals surface area contributed by atoms with E-state index in [1.807, 2.05) is 12.3 Å². The molecule has 0 unspecified atom stereocenters. The molecule has 0 atom stereocenters. The maximum atomic E-state index is 5.29. The van der Waals surface area contributed by atoms with Crippen molar-refractivity contribution in [1.29, 1.82) is 0 Å². The smallest absolute Gasteiger partial charge is 0.122 e. The summed E-state index contributed by atoms with van der Waals surface area (Å²) >= 11 is 0. The van der Waals surface area contributed by atoms with Crippen LogP contribution in [0.25, 0.3) is 5.52 Å². The Hall–Kier alpha value is -1.48. The van der Waals surface area contributed by atoms with E-state index in [0.717, 1.165) is 25.3 Å². The van der Waals surface area contributed by atoms with Crippen LogP contribution in [-0.2, 0) is 6.42 Å². The fourth-order valence-electron chi connectivity index (χ4n) is 2.28.